The zero-order chi connectivity index (χ0) is 17.6. The van der Waals surface area contributed by atoms with E-state index in [9.17, 15) is 4.79 Å². The van der Waals surface area contributed by atoms with Gasteiger partial charge in [-0.05, 0) is 71.4 Å². The molecule has 1 aliphatic rings. The zero-order valence-electron chi connectivity index (χ0n) is 14.4. The second-order valence-electron chi connectivity index (χ2n) is 6.50. The molecular weight excluding hydrogens is 380 g/mol. The predicted molar refractivity (Wildman–Crippen MR) is 103 cm³/mol. The van der Waals surface area contributed by atoms with Gasteiger partial charge in [-0.25, -0.2) is 4.98 Å². The van der Waals surface area contributed by atoms with Crippen molar-refractivity contribution in [2.45, 2.75) is 44.9 Å². The van der Waals surface area contributed by atoms with Crippen LogP contribution in [0.15, 0.2) is 40.9 Å². The number of rotatable bonds is 5. The van der Waals surface area contributed by atoms with Crippen LogP contribution in [0.4, 0.5) is 5.82 Å². The third kappa shape index (κ3) is 5.05. The average molecular weight is 403 g/mol. The lowest BCUT2D eigenvalue weighted by molar-refractivity contribution is -0.118. The number of hydrogen-bond donors (Lipinski definition) is 1. The molecule has 4 nitrogen and oxygen atoms in total. The maximum absolute atomic E-state index is 12.0. The van der Waals surface area contributed by atoms with E-state index < -0.39 is 0 Å². The summed E-state index contributed by atoms with van der Waals surface area (Å²) in [7, 11) is 0. The lowest BCUT2D eigenvalue weighted by Gasteiger charge is -2.22. The topological polar surface area (TPSA) is 51.2 Å². The van der Waals surface area contributed by atoms with Gasteiger partial charge in [0.2, 0.25) is 0 Å². The maximum atomic E-state index is 12.0. The second-order valence-corrected chi connectivity index (χ2v) is 7.36. The number of carbonyl (C=O) groups excluding carboxylic acids is 1. The van der Waals surface area contributed by atoms with Crippen molar-refractivity contribution in [1.82, 2.24) is 4.98 Å². The summed E-state index contributed by atoms with van der Waals surface area (Å²) in [6.07, 6.45) is 6.57. The van der Waals surface area contributed by atoms with Crippen LogP contribution in [-0.2, 0) is 4.79 Å². The van der Waals surface area contributed by atoms with E-state index in [-0.39, 0.29) is 12.5 Å². The number of amides is 1. The van der Waals surface area contributed by atoms with Crippen molar-refractivity contribution < 1.29 is 9.53 Å². The lowest BCUT2D eigenvalue weighted by Crippen LogP contribution is -2.20. The molecule has 0 saturated heterocycles. The molecule has 0 atom stereocenters. The first-order valence-corrected chi connectivity index (χ1v) is 9.57. The Morgan fingerprint density at radius 1 is 1.16 bits per heavy atom. The molecule has 25 heavy (non-hydrogen) atoms. The highest BCUT2D eigenvalue weighted by Gasteiger charge is 2.15. The Morgan fingerprint density at radius 3 is 2.56 bits per heavy atom. The van der Waals surface area contributed by atoms with Crippen LogP contribution in [-0.4, -0.2) is 17.5 Å². The normalized spacial score (nSPS) is 15.0. The van der Waals surface area contributed by atoms with E-state index in [0.29, 0.717) is 11.7 Å². The number of halogens is 1. The second kappa shape index (κ2) is 8.48. The molecule has 2 aromatic rings. The van der Waals surface area contributed by atoms with Gasteiger partial charge in [0.25, 0.3) is 5.91 Å². The number of ether oxygens (including phenoxy) is 1. The summed E-state index contributed by atoms with van der Waals surface area (Å²) in [5.74, 6) is 1.71. The van der Waals surface area contributed by atoms with Crippen molar-refractivity contribution in [1.29, 1.82) is 0 Å². The van der Waals surface area contributed by atoms with E-state index in [2.05, 4.69) is 38.4 Å². The molecule has 3 rings (SSSR count). The summed E-state index contributed by atoms with van der Waals surface area (Å²) in [5.41, 5.74) is 2.21. The van der Waals surface area contributed by atoms with Crippen LogP contribution in [0.2, 0.25) is 0 Å². The summed E-state index contributed by atoms with van der Waals surface area (Å²) in [6.45, 7) is 1.85. The first kappa shape index (κ1) is 17.9. The van der Waals surface area contributed by atoms with Gasteiger partial charge in [-0.1, -0.05) is 31.4 Å². The fourth-order valence-corrected chi connectivity index (χ4v) is 3.43. The standard InChI is InChI=1S/C20H23BrN2O2/c1-14-18(21)11-12-19(22-14)23-20(24)13-25-17-9-7-16(8-10-17)15-5-3-2-4-6-15/h7-12,15H,2-6,13H2,1H3,(H,22,23,24). The summed E-state index contributed by atoms with van der Waals surface area (Å²) in [6, 6.07) is 11.8. The van der Waals surface area contributed by atoms with E-state index in [4.69, 9.17) is 4.74 Å². The fraction of sp³-hybridized carbons (Fsp3) is 0.400. The molecular formula is C20H23BrN2O2. The predicted octanol–water partition coefficient (Wildman–Crippen LogP) is 5.22. The van der Waals surface area contributed by atoms with E-state index in [1.165, 1.54) is 37.7 Å². The van der Waals surface area contributed by atoms with Crippen LogP contribution >= 0.6 is 15.9 Å². The Hall–Kier alpha value is -1.88. The van der Waals surface area contributed by atoms with Crippen molar-refractivity contribution in [3.05, 3.63) is 52.1 Å². The van der Waals surface area contributed by atoms with Crippen LogP contribution in [0.3, 0.4) is 0 Å². The molecule has 1 saturated carbocycles. The van der Waals surface area contributed by atoms with Gasteiger partial charge in [-0.15, -0.1) is 0 Å². The van der Waals surface area contributed by atoms with Crippen LogP contribution in [0, 0.1) is 6.92 Å². The lowest BCUT2D eigenvalue weighted by atomic mass is 9.84. The van der Waals surface area contributed by atoms with E-state index in [1.807, 2.05) is 25.1 Å². The number of anilines is 1. The molecule has 5 heteroatoms. The Kier molecular flexibility index (Phi) is 6.08. The Labute approximate surface area is 157 Å². The average Bonchev–Trinajstić information content (AvgIpc) is 2.64. The number of pyridine rings is 1. The van der Waals surface area contributed by atoms with Gasteiger partial charge < -0.3 is 10.1 Å². The largest absolute Gasteiger partial charge is 0.484 e. The number of nitrogens with zero attached hydrogens (tertiary/aromatic N) is 1. The number of benzene rings is 1. The van der Waals surface area contributed by atoms with Crippen molar-refractivity contribution in [2.75, 3.05) is 11.9 Å². The van der Waals surface area contributed by atoms with Crippen LogP contribution < -0.4 is 10.1 Å². The maximum Gasteiger partial charge on any atom is 0.263 e. The molecule has 1 aromatic heterocycles. The Balaban J connectivity index is 1.50. The number of aryl methyl sites for hydroxylation is 1. The smallest absolute Gasteiger partial charge is 0.263 e. The number of hydrogen-bond acceptors (Lipinski definition) is 3. The molecule has 1 fully saturated rings. The summed E-state index contributed by atoms with van der Waals surface area (Å²) in [5, 5.41) is 2.75. The number of nitrogens with one attached hydrogen (secondary N) is 1. The van der Waals surface area contributed by atoms with E-state index in [1.54, 1.807) is 6.07 Å². The molecule has 1 amide bonds. The van der Waals surface area contributed by atoms with E-state index in [0.717, 1.165) is 15.9 Å². The van der Waals surface area contributed by atoms with Gasteiger partial charge in [0.15, 0.2) is 6.61 Å². The van der Waals surface area contributed by atoms with Crippen LogP contribution in [0.1, 0.15) is 49.3 Å². The quantitative estimate of drug-likeness (QED) is 0.745. The first-order chi connectivity index (χ1) is 12.1. The zero-order valence-corrected chi connectivity index (χ0v) is 16.0. The highest BCUT2D eigenvalue weighted by molar-refractivity contribution is 9.10. The van der Waals surface area contributed by atoms with Crippen molar-refractivity contribution in [3.8, 4) is 5.75 Å². The molecule has 1 N–H and O–H groups in total. The van der Waals surface area contributed by atoms with Crippen molar-refractivity contribution in [2.24, 2.45) is 0 Å². The van der Waals surface area contributed by atoms with Gasteiger partial charge in [0.1, 0.15) is 11.6 Å². The molecule has 0 aliphatic heterocycles. The molecule has 1 aliphatic carbocycles. The fourth-order valence-electron chi connectivity index (χ4n) is 3.21. The first-order valence-electron chi connectivity index (χ1n) is 8.77. The number of carbonyl (C=O) groups is 1. The van der Waals surface area contributed by atoms with Crippen LogP contribution in [0.25, 0.3) is 0 Å². The molecule has 1 heterocycles. The molecule has 0 spiro atoms. The number of aromatic nitrogens is 1. The highest BCUT2D eigenvalue weighted by Crippen LogP contribution is 2.33. The van der Waals surface area contributed by atoms with Gasteiger partial charge in [-0.2, -0.15) is 0 Å². The monoisotopic (exact) mass is 402 g/mol. The minimum absolute atomic E-state index is 0.0282. The third-order valence-electron chi connectivity index (χ3n) is 4.62. The highest BCUT2D eigenvalue weighted by atomic mass is 79.9. The molecule has 0 bridgehead atoms. The van der Waals surface area contributed by atoms with Crippen LogP contribution in [0.5, 0.6) is 5.75 Å². The van der Waals surface area contributed by atoms with Crippen molar-refractivity contribution in [3.63, 3.8) is 0 Å². The van der Waals surface area contributed by atoms with E-state index >= 15 is 0 Å². The molecule has 0 radical (unpaired) electrons. The van der Waals surface area contributed by atoms with Gasteiger partial charge >= 0.3 is 0 Å². The van der Waals surface area contributed by atoms with Crippen molar-refractivity contribution >= 4 is 27.7 Å². The third-order valence-corrected chi connectivity index (χ3v) is 5.45. The summed E-state index contributed by atoms with van der Waals surface area (Å²) in [4.78, 5) is 16.3. The molecule has 132 valence electrons. The Morgan fingerprint density at radius 2 is 1.88 bits per heavy atom. The summed E-state index contributed by atoms with van der Waals surface area (Å²) >= 11 is 3.39. The van der Waals surface area contributed by atoms with Gasteiger partial charge in [0, 0.05) is 4.47 Å². The molecule has 0 unspecified atom stereocenters. The Bertz CT molecular complexity index is 725. The summed E-state index contributed by atoms with van der Waals surface area (Å²) < 4.78 is 6.50. The SMILES string of the molecule is Cc1nc(NC(=O)COc2ccc(C3CCCCC3)cc2)ccc1Br. The van der Waals surface area contributed by atoms with Gasteiger partial charge in [-0.3, -0.25) is 4.79 Å². The minimum atomic E-state index is -0.217. The molecule has 1 aromatic carbocycles. The van der Waals surface area contributed by atoms with Gasteiger partial charge in [0.05, 0.1) is 5.69 Å². The minimum Gasteiger partial charge on any atom is -0.484 e.